The van der Waals surface area contributed by atoms with Crippen LogP contribution in [0.15, 0.2) is 23.1 Å². The van der Waals surface area contributed by atoms with Gasteiger partial charge >= 0.3 is 0 Å². The van der Waals surface area contributed by atoms with E-state index in [0.29, 0.717) is 11.7 Å². The number of hydrogen-bond acceptors (Lipinski definition) is 4. The molecule has 5 nitrogen and oxygen atoms in total. The van der Waals surface area contributed by atoms with Crippen LogP contribution in [0, 0.1) is 11.8 Å². The normalized spacial score (nSPS) is 19.7. The first-order valence-corrected chi connectivity index (χ1v) is 8.18. The second-order valence-corrected chi connectivity index (χ2v) is 7.24. The molecule has 2 fully saturated rings. The summed E-state index contributed by atoms with van der Waals surface area (Å²) in [6.07, 6.45) is 5.05. The summed E-state index contributed by atoms with van der Waals surface area (Å²) in [6.45, 7) is 0. The molecule has 0 amide bonds. The molecule has 0 heterocycles. The van der Waals surface area contributed by atoms with Crippen molar-refractivity contribution in [1.29, 1.82) is 0 Å². The smallest absolute Gasteiger partial charge is 0.238 e. The van der Waals surface area contributed by atoms with Crippen LogP contribution in [0.2, 0.25) is 0 Å². The topological polar surface area (TPSA) is 98.2 Å². The van der Waals surface area contributed by atoms with Crippen molar-refractivity contribution in [3.05, 3.63) is 18.2 Å². The van der Waals surface area contributed by atoms with E-state index in [9.17, 15) is 8.42 Å². The minimum atomic E-state index is -3.71. The zero-order valence-corrected chi connectivity index (χ0v) is 11.5. The third-order valence-electron chi connectivity index (χ3n) is 3.85. The highest BCUT2D eigenvalue weighted by atomic mass is 32.2. The van der Waals surface area contributed by atoms with Gasteiger partial charge in [0.25, 0.3) is 0 Å². The molecule has 2 aliphatic rings. The number of hydrogen-bond donors (Lipinski definition) is 3. The van der Waals surface area contributed by atoms with E-state index in [1.807, 2.05) is 0 Å². The standard InChI is InChI=1S/C13H19N3O2S/c14-10-5-11(7-12(6-10)19(15,17)18)16-13(8-1-2-8)9-3-4-9/h5-9,13,16H,1-4,14H2,(H2,15,17,18). The molecular weight excluding hydrogens is 262 g/mol. The van der Waals surface area contributed by atoms with Gasteiger partial charge in [0.05, 0.1) is 4.90 Å². The van der Waals surface area contributed by atoms with Crippen molar-refractivity contribution in [3.8, 4) is 0 Å². The number of nitrogen functional groups attached to an aromatic ring is 1. The van der Waals surface area contributed by atoms with Gasteiger partial charge in [0.2, 0.25) is 10.0 Å². The molecule has 2 aliphatic carbocycles. The Bertz CT molecular complexity index is 580. The summed E-state index contributed by atoms with van der Waals surface area (Å²) in [6, 6.07) is 5.19. The summed E-state index contributed by atoms with van der Waals surface area (Å²) in [5.74, 6) is 1.46. The van der Waals surface area contributed by atoms with Crippen molar-refractivity contribution in [2.75, 3.05) is 11.1 Å². The van der Waals surface area contributed by atoms with E-state index in [1.54, 1.807) is 12.1 Å². The van der Waals surface area contributed by atoms with Crippen LogP contribution in [-0.4, -0.2) is 14.5 Å². The second-order valence-electron chi connectivity index (χ2n) is 5.68. The minimum Gasteiger partial charge on any atom is -0.399 e. The summed E-state index contributed by atoms with van der Waals surface area (Å²) >= 11 is 0. The SMILES string of the molecule is Nc1cc(NC(C2CC2)C2CC2)cc(S(N)(=O)=O)c1. The second kappa shape index (κ2) is 4.38. The molecule has 0 radical (unpaired) electrons. The lowest BCUT2D eigenvalue weighted by atomic mass is 10.1. The minimum absolute atomic E-state index is 0.0698. The monoisotopic (exact) mass is 281 g/mol. The van der Waals surface area contributed by atoms with Gasteiger partial charge in [0.15, 0.2) is 0 Å². The Morgan fingerprint density at radius 1 is 1.11 bits per heavy atom. The summed E-state index contributed by atoms with van der Waals surface area (Å²) in [7, 11) is -3.71. The molecule has 2 saturated carbocycles. The van der Waals surface area contributed by atoms with E-state index in [-0.39, 0.29) is 4.90 Å². The van der Waals surface area contributed by atoms with Gasteiger partial charge in [0.1, 0.15) is 0 Å². The van der Waals surface area contributed by atoms with Gasteiger partial charge in [-0.3, -0.25) is 0 Å². The van der Waals surface area contributed by atoms with Gasteiger partial charge < -0.3 is 11.1 Å². The zero-order chi connectivity index (χ0) is 13.6. The number of rotatable bonds is 5. The van der Waals surface area contributed by atoms with Crippen molar-refractivity contribution in [2.24, 2.45) is 17.0 Å². The highest BCUT2D eigenvalue weighted by Crippen LogP contribution is 2.46. The number of anilines is 2. The molecule has 0 spiro atoms. The highest BCUT2D eigenvalue weighted by molar-refractivity contribution is 7.89. The molecule has 104 valence electrons. The van der Waals surface area contributed by atoms with Gasteiger partial charge in [0, 0.05) is 17.4 Å². The summed E-state index contributed by atoms with van der Waals surface area (Å²) in [4.78, 5) is 0.0698. The van der Waals surface area contributed by atoms with E-state index in [1.165, 1.54) is 31.7 Å². The molecule has 0 aromatic heterocycles. The van der Waals surface area contributed by atoms with Crippen LogP contribution in [0.3, 0.4) is 0 Å². The van der Waals surface area contributed by atoms with E-state index in [0.717, 1.165) is 17.5 Å². The fourth-order valence-corrected chi connectivity index (χ4v) is 3.19. The van der Waals surface area contributed by atoms with Gasteiger partial charge in [-0.2, -0.15) is 0 Å². The van der Waals surface area contributed by atoms with E-state index < -0.39 is 10.0 Å². The molecule has 5 N–H and O–H groups in total. The molecule has 0 aliphatic heterocycles. The number of sulfonamides is 1. The fourth-order valence-electron chi connectivity index (χ4n) is 2.59. The maximum absolute atomic E-state index is 11.4. The Morgan fingerprint density at radius 2 is 1.68 bits per heavy atom. The van der Waals surface area contributed by atoms with Crippen molar-refractivity contribution in [3.63, 3.8) is 0 Å². The van der Waals surface area contributed by atoms with E-state index >= 15 is 0 Å². The van der Waals surface area contributed by atoms with Gasteiger partial charge in [-0.15, -0.1) is 0 Å². The van der Waals surface area contributed by atoms with Crippen LogP contribution in [0.25, 0.3) is 0 Å². The molecule has 3 rings (SSSR count). The summed E-state index contributed by atoms with van der Waals surface area (Å²) in [5, 5.41) is 8.61. The lowest BCUT2D eigenvalue weighted by Gasteiger charge is -2.19. The highest BCUT2D eigenvalue weighted by Gasteiger charge is 2.41. The van der Waals surface area contributed by atoms with E-state index in [4.69, 9.17) is 10.9 Å². The molecule has 0 saturated heterocycles. The summed E-state index contributed by atoms with van der Waals surface area (Å²) in [5.41, 5.74) is 6.93. The van der Waals surface area contributed by atoms with Crippen molar-refractivity contribution in [1.82, 2.24) is 0 Å². The zero-order valence-electron chi connectivity index (χ0n) is 10.7. The lowest BCUT2D eigenvalue weighted by molar-refractivity contribution is 0.567. The molecule has 0 unspecified atom stereocenters. The molecular formula is C13H19N3O2S. The van der Waals surface area contributed by atoms with Crippen LogP contribution in [0.1, 0.15) is 25.7 Å². The predicted molar refractivity (Wildman–Crippen MR) is 75.1 cm³/mol. The largest absolute Gasteiger partial charge is 0.399 e. The van der Waals surface area contributed by atoms with Crippen LogP contribution < -0.4 is 16.2 Å². The van der Waals surface area contributed by atoms with Crippen LogP contribution in [0.4, 0.5) is 11.4 Å². The van der Waals surface area contributed by atoms with Crippen LogP contribution >= 0.6 is 0 Å². The first-order valence-electron chi connectivity index (χ1n) is 6.63. The maximum Gasteiger partial charge on any atom is 0.238 e. The fraction of sp³-hybridized carbons (Fsp3) is 0.538. The number of primary sulfonamides is 1. The van der Waals surface area contributed by atoms with Crippen LogP contribution in [-0.2, 0) is 10.0 Å². The Kier molecular flexibility index (Phi) is 2.94. The third-order valence-corrected chi connectivity index (χ3v) is 4.74. The van der Waals surface area contributed by atoms with Crippen LogP contribution in [0.5, 0.6) is 0 Å². The predicted octanol–water partition coefficient (Wildman–Crippen LogP) is 1.52. The van der Waals surface area contributed by atoms with E-state index in [2.05, 4.69) is 5.32 Å². The third kappa shape index (κ3) is 3.01. The average Bonchev–Trinajstić information content (AvgIpc) is 3.16. The first kappa shape index (κ1) is 12.7. The molecule has 6 heteroatoms. The van der Waals surface area contributed by atoms with Gasteiger partial charge in [-0.05, 0) is 55.7 Å². The van der Waals surface area contributed by atoms with Gasteiger partial charge in [-0.25, -0.2) is 13.6 Å². The van der Waals surface area contributed by atoms with Crippen molar-refractivity contribution in [2.45, 2.75) is 36.6 Å². The Balaban J connectivity index is 1.85. The first-order chi connectivity index (χ1) is 8.93. The quantitative estimate of drug-likeness (QED) is 0.713. The Hall–Kier alpha value is -1.27. The average molecular weight is 281 g/mol. The molecule has 1 aromatic rings. The molecule has 1 aromatic carbocycles. The van der Waals surface area contributed by atoms with Crippen molar-refractivity contribution < 1.29 is 8.42 Å². The Morgan fingerprint density at radius 3 is 2.16 bits per heavy atom. The maximum atomic E-state index is 11.4. The van der Waals surface area contributed by atoms with Gasteiger partial charge in [-0.1, -0.05) is 0 Å². The number of nitrogens with two attached hydrogens (primary N) is 2. The molecule has 19 heavy (non-hydrogen) atoms. The molecule has 0 bridgehead atoms. The number of nitrogens with one attached hydrogen (secondary N) is 1. The van der Waals surface area contributed by atoms with Crippen molar-refractivity contribution >= 4 is 21.4 Å². The number of benzene rings is 1. The summed E-state index contributed by atoms with van der Waals surface area (Å²) < 4.78 is 22.8. The lowest BCUT2D eigenvalue weighted by Crippen LogP contribution is -2.24. The Labute approximate surface area is 113 Å². The molecule has 0 atom stereocenters.